The van der Waals surface area contributed by atoms with Crippen LogP contribution in [0.5, 0.6) is 0 Å². The zero-order valence-electron chi connectivity index (χ0n) is 9.94. The molecule has 8 nitrogen and oxygen atoms in total. The minimum Gasteiger partial charge on any atom is -0.394 e. The van der Waals surface area contributed by atoms with Crippen molar-refractivity contribution in [2.75, 3.05) is 17.2 Å². The SMILES string of the molecule is Nc1nc(Cl)nc2c1N=[C+]N2[C@@H]1O[C@H](CO)[C@H](O)C1F. The molecule has 0 bridgehead atoms. The van der Waals surface area contributed by atoms with E-state index in [1.54, 1.807) is 0 Å². The average molecular weight is 303 g/mol. The van der Waals surface area contributed by atoms with Crippen LogP contribution in [0.15, 0.2) is 4.99 Å². The van der Waals surface area contributed by atoms with Crippen molar-refractivity contribution in [2.24, 2.45) is 4.99 Å². The molecule has 2 aliphatic rings. The molecule has 4 atom stereocenters. The number of nitrogens with two attached hydrogens (primary N) is 1. The molecule has 1 aromatic rings. The molecule has 10 heteroatoms. The molecule has 0 saturated carbocycles. The minimum atomic E-state index is -1.77. The maximum absolute atomic E-state index is 14.0. The van der Waals surface area contributed by atoms with Gasteiger partial charge in [0.1, 0.15) is 12.2 Å². The van der Waals surface area contributed by atoms with Gasteiger partial charge in [-0.25, -0.2) is 4.39 Å². The summed E-state index contributed by atoms with van der Waals surface area (Å²) in [5.74, 6) is 0.170. The van der Waals surface area contributed by atoms with Crippen LogP contribution < -0.4 is 10.6 Å². The molecule has 1 saturated heterocycles. The van der Waals surface area contributed by atoms with Crippen LogP contribution in [0.2, 0.25) is 5.28 Å². The van der Waals surface area contributed by atoms with Crippen LogP contribution in [0.3, 0.4) is 0 Å². The highest BCUT2D eigenvalue weighted by Gasteiger charge is 2.52. The molecule has 1 unspecified atom stereocenters. The summed E-state index contributed by atoms with van der Waals surface area (Å²) < 4.78 is 19.3. The third-order valence-corrected chi connectivity index (χ3v) is 3.26. The van der Waals surface area contributed by atoms with Crippen molar-refractivity contribution in [3.8, 4) is 0 Å². The van der Waals surface area contributed by atoms with Crippen LogP contribution >= 0.6 is 11.6 Å². The second-order valence-corrected chi connectivity index (χ2v) is 4.65. The first-order chi connectivity index (χ1) is 9.52. The van der Waals surface area contributed by atoms with Crippen LogP contribution in [0, 0.1) is 0 Å². The van der Waals surface area contributed by atoms with E-state index in [1.165, 1.54) is 0 Å². The number of aliphatic imine (C=N–C) groups is 1. The fourth-order valence-electron chi connectivity index (χ4n) is 2.10. The second-order valence-electron chi connectivity index (χ2n) is 4.31. The van der Waals surface area contributed by atoms with Crippen molar-refractivity contribution in [2.45, 2.75) is 24.6 Å². The van der Waals surface area contributed by atoms with E-state index >= 15 is 0 Å². The number of alkyl halides is 1. The third-order valence-electron chi connectivity index (χ3n) is 3.09. The molecule has 0 aliphatic carbocycles. The summed E-state index contributed by atoms with van der Waals surface area (Å²) >= 11 is 5.70. The lowest BCUT2D eigenvalue weighted by atomic mass is 10.1. The summed E-state index contributed by atoms with van der Waals surface area (Å²) in [6.45, 7) is -0.511. The van der Waals surface area contributed by atoms with Gasteiger partial charge in [0.2, 0.25) is 17.3 Å². The first kappa shape index (κ1) is 13.3. The van der Waals surface area contributed by atoms with Crippen molar-refractivity contribution in [1.29, 1.82) is 0 Å². The van der Waals surface area contributed by atoms with E-state index in [1.807, 2.05) is 0 Å². The van der Waals surface area contributed by atoms with Crippen molar-refractivity contribution in [3.63, 3.8) is 0 Å². The monoisotopic (exact) mass is 302 g/mol. The van der Waals surface area contributed by atoms with Gasteiger partial charge in [0, 0.05) is 0 Å². The number of aromatic nitrogens is 2. The smallest absolute Gasteiger partial charge is 0.326 e. The highest BCUT2D eigenvalue weighted by Crippen LogP contribution is 2.39. The summed E-state index contributed by atoms with van der Waals surface area (Å²) in [6.07, 6.45) is -2.99. The zero-order valence-corrected chi connectivity index (χ0v) is 10.7. The maximum Gasteiger partial charge on any atom is 0.326 e. The van der Waals surface area contributed by atoms with Crippen molar-refractivity contribution in [1.82, 2.24) is 9.97 Å². The molecule has 1 fully saturated rings. The molecule has 3 heterocycles. The molecule has 20 heavy (non-hydrogen) atoms. The maximum atomic E-state index is 14.0. The van der Waals surface area contributed by atoms with Crippen LogP contribution in [0.4, 0.5) is 21.7 Å². The standard InChI is InChI=1S/C10H10ClFN5O3/c11-10-15-7(13)5-8(16-10)17(2-14-5)9-4(12)6(19)3(1-18)20-9/h3-4,6,9,18-19H,1H2,(H2,13,15,16)/q+1/t3-,4?,6+,9-/m1/s1. The Labute approximate surface area is 117 Å². The number of ether oxygens (including phenoxy) is 1. The molecule has 1 aromatic heterocycles. The normalized spacial score (nSPS) is 31.5. The Morgan fingerprint density at radius 1 is 1.50 bits per heavy atom. The van der Waals surface area contributed by atoms with Gasteiger partial charge in [-0.3, -0.25) is 0 Å². The van der Waals surface area contributed by atoms with Gasteiger partial charge >= 0.3 is 11.5 Å². The first-order valence-corrected chi connectivity index (χ1v) is 6.07. The van der Waals surface area contributed by atoms with Crippen molar-refractivity contribution in [3.05, 3.63) is 5.28 Å². The molecule has 0 aromatic carbocycles. The molecule has 0 amide bonds. The van der Waals surface area contributed by atoms with Crippen molar-refractivity contribution >= 4 is 35.3 Å². The highest BCUT2D eigenvalue weighted by atomic mass is 35.5. The summed E-state index contributed by atoms with van der Waals surface area (Å²) in [7, 11) is 0. The van der Waals surface area contributed by atoms with Crippen molar-refractivity contribution < 1.29 is 19.3 Å². The fourth-order valence-corrected chi connectivity index (χ4v) is 2.27. The number of nitrogen functional groups attached to an aromatic ring is 1. The van der Waals surface area contributed by atoms with E-state index in [9.17, 15) is 9.50 Å². The van der Waals surface area contributed by atoms with Crippen LogP contribution in [0.25, 0.3) is 0 Å². The Morgan fingerprint density at radius 3 is 2.90 bits per heavy atom. The minimum absolute atomic E-state index is 0.0302. The molecule has 0 radical (unpaired) electrons. The second kappa shape index (κ2) is 4.72. The van der Waals surface area contributed by atoms with E-state index in [2.05, 4.69) is 21.3 Å². The van der Waals surface area contributed by atoms with Gasteiger partial charge < -0.3 is 20.7 Å². The topological polar surface area (TPSA) is 117 Å². The number of nitrogens with zero attached hydrogens (tertiary/aromatic N) is 4. The van der Waals surface area contributed by atoms with E-state index in [0.717, 1.165) is 4.90 Å². The highest BCUT2D eigenvalue weighted by molar-refractivity contribution is 6.28. The Hall–Kier alpha value is -1.64. The van der Waals surface area contributed by atoms with Crippen LogP contribution in [0.1, 0.15) is 0 Å². The van der Waals surface area contributed by atoms with E-state index in [0.29, 0.717) is 0 Å². The lowest BCUT2D eigenvalue weighted by Crippen LogP contribution is -2.40. The summed E-state index contributed by atoms with van der Waals surface area (Å²) in [5.41, 5.74) is 5.83. The lowest BCUT2D eigenvalue weighted by Gasteiger charge is -2.15. The first-order valence-electron chi connectivity index (χ1n) is 5.70. The predicted molar refractivity (Wildman–Crippen MR) is 67.7 cm³/mol. The summed E-state index contributed by atoms with van der Waals surface area (Å²) in [4.78, 5) is 12.6. The Kier molecular flexibility index (Phi) is 3.15. The summed E-state index contributed by atoms with van der Waals surface area (Å²) in [6, 6.07) is 0. The molecule has 106 valence electrons. The van der Waals surface area contributed by atoms with E-state index in [4.69, 9.17) is 27.2 Å². The molecule has 3 rings (SSSR count). The van der Waals surface area contributed by atoms with Gasteiger partial charge in [-0.2, -0.15) is 4.98 Å². The fraction of sp³-hybridized carbons (Fsp3) is 0.500. The molecule has 4 N–H and O–H groups in total. The average Bonchev–Trinajstić information content (AvgIpc) is 2.93. The number of halogens is 2. The Morgan fingerprint density at radius 2 is 2.25 bits per heavy atom. The van der Waals surface area contributed by atoms with Gasteiger partial charge in [-0.05, 0) is 16.6 Å². The molecular weight excluding hydrogens is 293 g/mol. The molecule has 0 spiro atoms. The Balaban J connectivity index is 1.94. The number of rotatable bonds is 2. The molecular formula is C10H10ClFN5O3+. The number of aliphatic hydroxyl groups is 2. The van der Waals surface area contributed by atoms with Crippen LogP contribution in [-0.4, -0.2) is 57.7 Å². The van der Waals surface area contributed by atoms with Gasteiger partial charge in [0.05, 0.1) is 6.61 Å². The van der Waals surface area contributed by atoms with E-state index in [-0.39, 0.29) is 22.6 Å². The number of fused-ring (bicyclic) bond motifs is 1. The third kappa shape index (κ3) is 1.88. The van der Waals surface area contributed by atoms with E-state index < -0.39 is 31.2 Å². The number of aliphatic hydroxyl groups excluding tert-OH is 2. The quantitative estimate of drug-likeness (QED) is 0.497. The van der Waals surface area contributed by atoms with Gasteiger partial charge in [-0.1, -0.05) is 0 Å². The predicted octanol–water partition coefficient (Wildman–Crippen LogP) is -0.515. The van der Waals surface area contributed by atoms with Gasteiger partial charge in [0.25, 0.3) is 6.34 Å². The zero-order chi connectivity index (χ0) is 14.4. The van der Waals surface area contributed by atoms with Gasteiger partial charge in [-0.15, -0.1) is 9.88 Å². The van der Waals surface area contributed by atoms with Gasteiger partial charge in [0.15, 0.2) is 6.17 Å². The largest absolute Gasteiger partial charge is 0.394 e. The lowest BCUT2D eigenvalue weighted by molar-refractivity contribution is -0.0190. The summed E-state index contributed by atoms with van der Waals surface area (Å²) in [5, 5.41) is 18.5. The molecule has 2 aliphatic heterocycles. The number of hydrogen-bond acceptors (Lipinski definition) is 8. The number of hydrogen-bond donors (Lipinski definition) is 3. The Bertz CT molecular complexity index is 574. The van der Waals surface area contributed by atoms with Crippen LogP contribution in [-0.2, 0) is 4.74 Å². The number of anilines is 2.